The Morgan fingerprint density at radius 1 is 0.865 bits per heavy atom. The quantitative estimate of drug-likeness (QED) is 0.121. The number of unbranched alkanes of at least 4 members (excludes halogenated alkanes) is 7. The summed E-state index contributed by atoms with van der Waals surface area (Å²) < 4.78 is 6.17. The van der Waals surface area contributed by atoms with Crippen LogP contribution in [0.5, 0.6) is 5.75 Å². The van der Waals surface area contributed by atoms with Gasteiger partial charge in [-0.05, 0) is 48.8 Å². The minimum absolute atomic E-state index is 0.455. The third-order valence-corrected chi connectivity index (χ3v) is 8.99. The molecule has 2 aromatic rings. The first kappa shape index (κ1) is 29.8. The van der Waals surface area contributed by atoms with E-state index in [-0.39, 0.29) is 0 Å². The van der Waals surface area contributed by atoms with E-state index in [2.05, 4.69) is 35.7 Å². The van der Waals surface area contributed by atoms with Gasteiger partial charge in [0, 0.05) is 12.4 Å². The van der Waals surface area contributed by atoms with Gasteiger partial charge in [-0.15, -0.1) is 0 Å². The van der Waals surface area contributed by atoms with E-state index in [0.29, 0.717) is 9.76 Å². The first-order valence-electron chi connectivity index (χ1n) is 15.3. The maximum atomic E-state index is 6.17. The van der Waals surface area contributed by atoms with Crippen LogP contribution in [0.2, 0.25) is 6.04 Å². The number of hydrogen-bond acceptors (Lipinski definition) is 4. The smallest absolute Gasteiger partial charge is 0.310 e. The van der Waals surface area contributed by atoms with Gasteiger partial charge >= 0.3 is 9.76 Å². The lowest BCUT2D eigenvalue weighted by molar-refractivity contribution is 0.333. The zero-order valence-electron chi connectivity index (χ0n) is 23.9. The summed E-state index contributed by atoms with van der Waals surface area (Å²) in [4.78, 5) is 13.9. The van der Waals surface area contributed by atoms with Crippen LogP contribution in [0.15, 0.2) is 30.7 Å². The standard InChI is InChI=1S/C32H51N3OSi/c1-4-5-15-26(2)27(3)16-14-23-37-36-31-19-13-22-33-32(31)30-25-34-29(24-35-30)18-12-10-8-6-7-9-11-17-28-20-21-28/h13,19,22,24-28H,4-12,14-18,20-21,23H2,1-3H3. The average Bonchev–Trinajstić information content (AvgIpc) is 3.75. The van der Waals surface area contributed by atoms with Crippen LogP contribution in [-0.4, -0.2) is 24.7 Å². The number of nitrogens with zero attached hydrogens (tertiary/aromatic N) is 3. The second-order valence-electron chi connectivity index (χ2n) is 11.4. The molecule has 5 heteroatoms. The van der Waals surface area contributed by atoms with Crippen molar-refractivity contribution in [3.63, 3.8) is 0 Å². The van der Waals surface area contributed by atoms with Gasteiger partial charge in [0.25, 0.3) is 0 Å². The molecule has 4 nitrogen and oxygen atoms in total. The first-order valence-corrected chi connectivity index (χ1v) is 16.4. The van der Waals surface area contributed by atoms with Crippen molar-refractivity contribution in [2.75, 3.05) is 0 Å². The number of aromatic nitrogens is 3. The molecule has 0 aliphatic heterocycles. The fourth-order valence-electron chi connectivity index (χ4n) is 5.02. The van der Waals surface area contributed by atoms with Crippen LogP contribution in [0.3, 0.4) is 0 Å². The lowest BCUT2D eigenvalue weighted by Crippen LogP contribution is -2.09. The molecule has 37 heavy (non-hydrogen) atoms. The highest BCUT2D eigenvalue weighted by Gasteiger charge is 2.19. The molecule has 3 rings (SSSR count). The molecule has 2 aromatic heterocycles. The fraction of sp³-hybridized carbons (Fsp3) is 0.719. The third kappa shape index (κ3) is 12.1. The molecule has 1 fully saturated rings. The summed E-state index contributed by atoms with van der Waals surface area (Å²) in [6.07, 6.45) is 27.1. The van der Waals surface area contributed by atoms with Crippen molar-refractivity contribution in [1.29, 1.82) is 0 Å². The van der Waals surface area contributed by atoms with Crippen LogP contribution in [0, 0.1) is 17.8 Å². The Kier molecular flexibility index (Phi) is 14.3. The normalized spacial score (nSPS) is 15.0. The monoisotopic (exact) mass is 521 g/mol. The zero-order chi connectivity index (χ0) is 26.1. The van der Waals surface area contributed by atoms with Crippen molar-refractivity contribution in [2.24, 2.45) is 17.8 Å². The summed E-state index contributed by atoms with van der Waals surface area (Å²) in [5.41, 5.74) is 2.68. The summed E-state index contributed by atoms with van der Waals surface area (Å²) >= 11 is 0. The maximum Gasteiger partial charge on any atom is 0.310 e. The van der Waals surface area contributed by atoms with Crippen molar-refractivity contribution >= 4 is 9.76 Å². The van der Waals surface area contributed by atoms with Crippen LogP contribution < -0.4 is 4.43 Å². The molecule has 1 aliphatic carbocycles. The Morgan fingerprint density at radius 3 is 2.30 bits per heavy atom. The number of pyridine rings is 1. The molecular formula is C32H51N3OSi. The minimum Gasteiger partial charge on any atom is -0.539 e. The Bertz CT molecular complexity index is 855. The first-order chi connectivity index (χ1) is 18.2. The van der Waals surface area contributed by atoms with Gasteiger partial charge in [0.05, 0.1) is 11.9 Å². The highest BCUT2D eigenvalue weighted by Crippen LogP contribution is 2.34. The lowest BCUT2D eigenvalue weighted by Gasteiger charge is -2.19. The van der Waals surface area contributed by atoms with E-state index in [9.17, 15) is 0 Å². The van der Waals surface area contributed by atoms with E-state index in [0.717, 1.165) is 53.0 Å². The molecule has 2 radical (unpaired) electrons. The molecule has 0 spiro atoms. The predicted octanol–water partition coefficient (Wildman–Crippen LogP) is 9.27. The topological polar surface area (TPSA) is 47.9 Å². The highest BCUT2D eigenvalue weighted by atomic mass is 28.2. The Morgan fingerprint density at radius 2 is 1.59 bits per heavy atom. The zero-order valence-corrected chi connectivity index (χ0v) is 24.9. The molecule has 1 aliphatic rings. The molecule has 0 aromatic carbocycles. The molecule has 2 heterocycles. The molecule has 2 atom stereocenters. The van der Waals surface area contributed by atoms with Crippen LogP contribution in [-0.2, 0) is 6.42 Å². The predicted molar refractivity (Wildman–Crippen MR) is 157 cm³/mol. The van der Waals surface area contributed by atoms with E-state index < -0.39 is 0 Å². The van der Waals surface area contributed by atoms with Crippen LogP contribution >= 0.6 is 0 Å². The van der Waals surface area contributed by atoms with Crippen molar-refractivity contribution in [3.8, 4) is 17.1 Å². The molecule has 0 amide bonds. The fourth-order valence-corrected chi connectivity index (χ4v) is 5.79. The van der Waals surface area contributed by atoms with E-state index in [1.807, 2.05) is 30.7 Å². The van der Waals surface area contributed by atoms with Gasteiger partial charge in [-0.25, -0.2) is 0 Å². The highest BCUT2D eigenvalue weighted by molar-refractivity contribution is 6.28. The Balaban J connectivity index is 1.31. The van der Waals surface area contributed by atoms with E-state index in [1.165, 1.54) is 96.3 Å². The van der Waals surface area contributed by atoms with Gasteiger partial charge in [0.2, 0.25) is 0 Å². The lowest BCUT2D eigenvalue weighted by atomic mass is 9.88. The largest absolute Gasteiger partial charge is 0.539 e. The molecule has 0 bridgehead atoms. The summed E-state index contributed by atoms with van der Waals surface area (Å²) in [5, 5.41) is 0. The second kappa shape index (κ2) is 17.7. The summed E-state index contributed by atoms with van der Waals surface area (Å²) in [6, 6.07) is 5.05. The van der Waals surface area contributed by atoms with Crippen LogP contribution in [0.4, 0.5) is 0 Å². The maximum absolute atomic E-state index is 6.17. The van der Waals surface area contributed by atoms with Crippen molar-refractivity contribution in [3.05, 3.63) is 36.4 Å². The Hall–Kier alpha value is -1.75. The number of hydrogen-bond donors (Lipinski definition) is 0. The molecule has 0 saturated heterocycles. The van der Waals surface area contributed by atoms with Gasteiger partial charge < -0.3 is 4.43 Å². The molecule has 204 valence electrons. The summed E-state index contributed by atoms with van der Waals surface area (Å²) in [6.45, 7) is 7.10. The number of rotatable bonds is 21. The second-order valence-corrected chi connectivity index (χ2v) is 12.4. The van der Waals surface area contributed by atoms with Crippen LogP contribution in [0.1, 0.15) is 123 Å². The summed E-state index contributed by atoms with van der Waals surface area (Å²) in [5.74, 6) is 3.53. The van der Waals surface area contributed by atoms with Gasteiger partial charge in [-0.1, -0.05) is 111 Å². The van der Waals surface area contributed by atoms with Crippen LogP contribution in [0.25, 0.3) is 11.4 Å². The molecule has 2 unspecified atom stereocenters. The van der Waals surface area contributed by atoms with Gasteiger partial charge in [0.1, 0.15) is 17.1 Å². The minimum atomic E-state index is 0.455. The van der Waals surface area contributed by atoms with Crippen molar-refractivity contribution in [2.45, 2.75) is 130 Å². The van der Waals surface area contributed by atoms with E-state index in [4.69, 9.17) is 4.43 Å². The van der Waals surface area contributed by atoms with Crippen molar-refractivity contribution in [1.82, 2.24) is 15.0 Å². The third-order valence-electron chi connectivity index (χ3n) is 8.07. The molecular weight excluding hydrogens is 470 g/mol. The van der Waals surface area contributed by atoms with E-state index in [1.54, 1.807) is 0 Å². The average molecular weight is 522 g/mol. The van der Waals surface area contributed by atoms with E-state index >= 15 is 0 Å². The molecule has 0 N–H and O–H groups in total. The van der Waals surface area contributed by atoms with Gasteiger partial charge in [-0.3, -0.25) is 15.0 Å². The SMILES string of the molecule is CCCCC(C)C(C)CCC[Si]Oc1cccnc1-c1cnc(CCCCCCCCCC2CC2)cn1. The number of aryl methyl sites for hydroxylation is 1. The van der Waals surface area contributed by atoms with Gasteiger partial charge in [0.15, 0.2) is 0 Å². The van der Waals surface area contributed by atoms with Gasteiger partial charge in [-0.2, -0.15) is 0 Å². The summed E-state index contributed by atoms with van der Waals surface area (Å²) in [7, 11) is 0.455. The molecule has 1 saturated carbocycles. The Labute approximate surface area is 229 Å². The van der Waals surface area contributed by atoms with Crippen molar-refractivity contribution < 1.29 is 4.43 Å².